The van der Waals surface area contributed by atoms with Gasteiger partial charge in [-0.1, -0.05) is 24.0 Å². The third-order valence-corrected chi connectivity index (χ3v) is 4.90. The standard InChI is InChI=1S/C27H23F3O5/c1-33-25(26(31)32)18-20-7-5-19(6-8-20)4-2-3-17-34-22-13-15-24(16-14-22)35-23-11-9-21(10-12-23)27(28,29)30/h5-16,25H,3,17-18H2,1H3,(H,31,32)/t25-/m0/s1. The van der Waals surface area contributed by atoms with Gasteiger partial charge in [-0.05, 0) is 66.2 Å². The van der Waals surface area contributed by atoms with Gasteiger partial charge >= 0.3 is 12.1 Å². The topological polar surface area (TPSA) is 65.0 Å². The maximum absolute atomic E-state index is 12.6. The number of carbonyl (C=O) groups is 1. The Kier molecular flexibility index (Phi) is 8.76. The van der Waals surface area contributed by atoms with E-state index < -0.39 is 23.8 Å². The molecule has 1 N–H and O–H groups in total. The first-order valence-corrected chi connectivity index (χ1v) is 10.7. The van der Waals surface area contributed by atoms with Gasteiger partial charge in [0.2, 0.25) is 0 Å². The van der Waals surface area contributed by atoms with Crippen molar-refractivity contribution in [2.75, 3.05) is 13.7 Å². The molecule has 0 unspecified atom stereocenters. The molecule has 3 aromatic rings. The Morgan fingerprint density at radius 1 is 0.914 bits per heavy atom. The highest BCUT2D eigenvalue weighted by molar-refractivity contribution is 5.72. The van der Waals surface area contributed by atoms with Gasteiger partial charge in [-0.15, -0.1) is 0 Å². The molecule has 0 aliphatic rings. The van der Waals surface area contributed by atoms with Gasteiger partial charge < -0.3 is 19.3 Å². The van der Waals surface area contributed by atoms with Gasteiger partial charge in [0.15, 0.2) is 6.10 Å². The Labute approximate surface area is 201 Å². The van der Waals surface area contributed by atoms with E-state index in [1.54, 1.807) is 24.3 Å². The lowest BCUT2D eigenvalue weighted by molar-refractivity contribution is -0.148. The number of ether oxygens (including phenoxy) is 3. The number of rotatable bonds is 9. The largest absolute Gasteiger partial charge is 0.493 e. The number of halogens is 3. The van der Waals surface area contributed by atoms with Gasteiger partial charge in [-0.3, -0.25) is 0 Å². The summed E-state index contributed by atoms with van der Waals surface area (Å²) in [5.74, 6) is 6.44. The van der Waals surface area contributed by atoms with E-state index in [-0.39, 0.29) is 6.42 Å². The molecular formula is C27H23F3O5. The van der Waals surface area contributed by atoms with E-state index in [1.165, 1.54) is 19.2 Å². The predicted octanol–water partition coefficient (Wildman–Crippen LogP) is 5.96. The average Bonchev–Trinajstić information content (AvgIpc) is 2.84. The lowest BCUT2D eigenvalue weighted by atomic mass is 10.1. The van der Waals surface area contributed by atoms with Crippen molar-refractivity contribution in [3.8, 4) is 29.1 Å². The van der Waals surface area contributed by atoms with E-state index in [9.17, 15) is 18.0 Å². The third-order valence-electron chi connectivity index (χ3n) is 4.90. The first-order valence-electron chi connectivity index (χ1n) is 10.7. The lowest BCUT2D eigenvalue weighted by Gasteiger charge is -2.10. The molecule has 0 heterocycles. The lowest BCUT2D eigenvalue weighted by Crippen LogP contribution is -2.24. The molecule has 0 saturated heterocycles. The number of methoxy groups -OCH3 is 1. The number of hydrogen-bond acceptors (Lipinski definition) is 4. The summed E-state index contributed by atoms with van der Waals surface area (Å²) in [6.45, 7) is 0.373. The molecule has 3 rings (SSSR count). The maximum Gasteiger partial charge on any atom is 0.416 e. The zero-order valence-electron chi connectivity index (χ0n) is 18.8. The molecule has 0 amide bonds. The molecular weight excluding hydrogens is 461 g/mol. The quantitative estimate of drug-likeness (QED) is 0.300. The highest BCUT2D eigenvalue weighted by Gasteiger charge is 2.30. The molecule has 3 aromatic carbocycles. The maximum atomic E-state index is 12.6. The van der Waals surface area contributed by atoms with E-state index in [0.29, 0.717) is 30.3 Å². The van der Waals surface area contributed by atoms with Gasteiger partial charge in [-0.2, -0.15) is 13.2 Å². The van der Waals surface area contributed by atoms with Crippen molar-refractivity contribution in [2.45, 2.75) is 25.1 Å². The van der Waals surface area contributed by atoms with Crippen LogP contribution < -0.4 is 9.47 Å². The fourth-order valence-electron chi connectivity index (χ4n) is 3.05. The summed E-state index contributed by atoms with van der Waals surface area (Å²) in [5.41, 5.74) is 0.923. The molecule has 5 nitrogen and oxygen atoms in total. The molecule has 0 spiro atoms. The minimum atomic E-state index is -4.38. The normalized spacial score (nSPS) is 11.8. The molecule has 0 radical (unpaired) electrons. The molecule has 0 bridgehead atoms. The second-order valence-corrected chi connectivity index (χ2v) is 7.46. The summed E-state index contributed by atoms with van der Waals surface area (Å²) in [6.07, 6.45) is -4.49. The first-order chi connectivity index (χ1) is 16.7. The molecule has 1 atom stereocenters. The second-order valence-electron chi connectivity index (χ2n) is 7.46. The van der Waals surface area contributed by atoms with Gasteiger partial charge in [-0.25, -0.2) is 4.79 Å². The summed E-state index contributed by atoms with van der Waals surface area (Å²) in [7, 11) is 1.37. The van der Waals surface area contributed by atoms with Crippen LogP contribution >= 0.6 is 0 Å². The molecule has 35 heavy (non-hydrogen) atoms. The van der Waals surface area contributed by atoms with Crippen molar-refractivity contribution in [1.29, 1.82) is 0 Å². The van der Waals surface area contributed by atoms with Crippen LogP contribution in [-0.4, -0.2) is 30.9 Å². The first kappa shape index (κ1) is 25.7. The van der Waals surface area contributed by atoms with Crippen molar-refractivity contribution < 1.29 is 37.3 Å². The Morgan fingerprint density at radius 2 is 1.49 bits per heavy atom. The zero-order valence-corrected chi connectivity index (χ0v) is 18.8. The number of aliphatic carboxylic acids is 1. The third kappa shape index (κ3) is 8.09. The van der Waals surface area contributed by atoms with Crippen LogP contribution in [0.1, 0.15) is 23.1 Å². The van der Waals surface area contributed by atoms with Gasteiger partial charge in [0.25, 0.3) is 0 Å². The van der Waals surface area contributed by atoms with Crippen molar-refractivity contribution in [3.05, 3.63) is 89.5 Å². The molecule has 182 valence electrons. The molecule has 0 aliphatic carbocycles. The highest BCUT2D eigenvalue weighted by atomic mass is 19.4. The van der Waals surface area contributed by atoms with Crippen LogP contribution in [0.15, 0.2) is 72.8 Å². The minimum Gasteiger partial charge on any atom is -0.493 e. The van der Waals surface area contributed by atoms with E-state index >= 15 is 0 Å². The molecule has 0 aliphatic heterocycles. The Morgan fingerprint density at radius 3 is 2.03 bits per heavy atom. The fraction of sp³-hybridized carbons (Fsp3) is 0.222. The van der Waals surface area contributed by atoms with Crippen LogP contribution in [0.25, 0.3) is 0 Å². The number of alkyl halides is 3. The summed E-state index contributed by atoms with van der Waals surface area (Å²) in [5, 5.41) is 9.05. The summed E-state index contributed by atoms with van der Waals surface area (Å²) in [6, 6.07) is 18.5. The molecule has 0 aromatic heterocycles. The Hall–Kier alpha value is -3.96. The molecule has 0 fully saturated rings. The van der Waals surface area contributed by atoms with Gasteiger partial charge in [0.05, 0.1) is 12.2 Å². The van der Waals surface area contributed by atoms with E-state index in [0.717, 1.165) is 23.3 Å². The van der Waals surface area contributed by atoms with Crippen LogP contribution in [0.5, 0.6) is 17.2 Å². The van der Waals surface area contributed by atoms with Crippen molar-refractivity contribution in [2.24, 2.45) is 0 Å². The van der Waals surface area contributed by atoms with Crippen LogP contribution in [0.3, 0.4) is 0 Å². The predicted molar refractivity (Wildman–Crippen MR) is 124 cm³/mol. The van der Waals surface area contributed by atoms with Crippen molar-refractivity contribution in [1.82, 2.24) is 0 Å². The summed E-state index contributed by atoms with van der Waals surface area (Å²) >= 11 is 0. The van der Waals surface area contributed by atoms with Crippen LogP contribution in [0.2, 0.25) is 0 Å². The van der Waals surface area contributed by atoms with E-state index in [4.69, 9.17) is 19.3 Å². The summed E-state index contributed by atoms with van der Waals surface area (Å²) in [4.78, 5) is 11.0. The monoisotopic (exact) mass is 484 g/mol. The van der Waals surface area contributed by atoms with Crippen LogP contribution in [-0.2, 0) is 22.1 Å². The number of benzene rings is 3. The van der Waals surface area contributed by atoms with E-state index in [1.807, 2.05) is 24.3 Å². The zero-order chi connectivity index (χ0) is 25.3. The van der Waals surface area contributed by atoms with Crippen molar-refractivity contribution in [3.63, 3.8) is 0 Å². The van der Waals surface area contributed by atoms with Gasteiger partial charge in [0, 0.05) is 25.5 Å². The fourth-order valence-corrected chi connectivity index (χ4v) is 3.05. The molecule has 0 saturated carbocycles. The Bertz CT molecular complexity index is 1160. The summed E-state index contributed by atoms with van der Waals surface area (Å²) < 4.78 is 54.0. The number of carboxylic acids is 1. The van der Waals surface area contributed by atoms with Crippen molar-refractivity contribution >= 4 is 5.97 Å². The van der Waals surface area contributed by atoms with Crippen LogP contribution in [0, 0.1) is 11.8 Å². The highest BCUT2D eigenvalue weighted by Crippen LogP contribution is 2.31. The number of carboxylic acid groups (broad SMARTS) is 1. The number of hydrogen-bond donors (Lipinski definition) is 1. The van der Waals surface area contributed by atoms with Gasteiger partial charge in [0.1, 0.15) is 17.2 Å². The Balaban J connectivity index is 1.43. The average molecular weight is 484 g/mol. The minimum absolute atomic E-state index is 0.279. The second kappa shape index (κ2) is 12.0. The molecule has 8 heteroatoms. The van der Waals surface area contributed by atoms with E-state index in [2.05, 4.69) is 11.8 Å². The smallest absolute Gasteiger partial charge is 0.416 e. The van der Waals surface area contributed by atoms with Crippen LogP contribution in [0.4, 0.5) is 13.2 Å². The SMILES string of the molecule is CO[C@@H](Cc1ccc(C#CCCOc2ccc(Oc3ccc(C(F)(F)F)cc3)cc2)cc1)C(=O)O.